The molecule has 1 aliphatic rings. The molecule has 8 nitrogen and oxygen atoms in total. The van der Waals surface area contributed by atoms with Crippen molar-refractivity contribution in [3.8, 4) is 11.5 Å². The van der Waals surface area contributed by atoms with Crippen LogP contribution in [0.4, 0.5) is 5.69 Å². The Balaban J connectivity index is 1.43. The molecule has 40 heavy (non-hydrogen) atoms. The fraction of sp³-hybridized carbons (Fsp3) is 0.0667. The van der Waals surface area contributed by atoms with Crippen LogP contribution in [0.1, 0.15) is 21.5 Å². The minimum Gasteiger partial charge on any atom is -0.493 e. The van der Waals surface area contributed by atoms with E-state index in [1.807, 2.05) is 36.4 Å². The predicted molar refractivity (Wildman–Crippen MR) is 159 cm³/mol. The normalized spacial score (nSPS) is 14.4. The van der Waals surface area contributed by atoms with E-state index in [4.69, 9.17) is 21.7 Å². The lowest BCUT2D eigenvalue weighted by atomic mass is 10.1. The number of ether oxygens (including phenoxy) is 2. The van der Waals surface area contributed by atoms with Gasteiger partial charge in [-0.3, -0.25) is 19.8 Å². The highest BCUT2D eigenvalue weighted by molar-refractivity contribution is 9.10. The molecule has 4 aromatic rings. The van der Waals surface area contributed by atoms with Crippen molar-refractivity contribution >= 4 is 73.6 Å². The summed E-state index contributed by atoms with van der Waals surface area (Å²) in [5, 5.41) is 13.9. The third kappa shape index (κ3) is 5.45. The zero-order valence-corrected chi connectivity index (χ0v) is 23.4. The van der Waals surface area contributed by atoms with Crippen molar-refractivity contribution in [1.82, 2.24) is 5.32 Å². The number of thiocarbonyl (C=S) groups is 1. The molecule has 0 bridgehead atoms. The van der Waals surface area contributed by atoms with Gasteiger partial charge in [-0.05, 0) is 92.5 Å². The molecular weight excluding hydrogens is 596 g/mol. The Kier molecular flexibility index (Phi) is 7.63. The summed E-state index contributed by atoms with van der Waals surface area (Å²) in [5.41, 5.74) is 1.48. The van der Waals surface area contributed by atoms with E-state index in [2.05, 4.69) is 27.3 Å². The second kappa shape index (κ2) is 11.3. The number of carbonyl (C=O) groups is 3. The number of rotatable bonds is 7. The van der Waals surface area contributed by atoms with E-state index in [0.29, 0.717) is 28.1 Å². The van der Waals surface area contributed by atoms with Gasteiger partial charge in [0.05, 0.1) is 22.8 Å². The highest BCUT2D eigenvalue weighted by Gasteiger charge is 2.35. The van der Waals surface area contributed by atoms with E-state index < -0.39 is 17.8 Å². The number of halogens is 1. The van der Waals surface area contributed by atoms with Crippen LogP contribution in [0.5, 0.6) is 11.5 Å². The first-order chi connectivity index (χ1) is 19.2. The van der Waals surface area contributed by atoms with Gasteiger partial charge in [0.15, 0.2) is 16.6 Å². The van der Waals surface area contributed by atoms with Gasteiger partial charge in [0.25, 0.3) is 11.8 Å². The van der Waals surface area contributed by atoms with Gasteiger partial charge in [0, 0.05) is 0 Å². The number of aromatic carboxylic acids is 1. The Hall–Kier alpha value is -4.54. The van der Waals surface area contributed by atoms with Crippen LogP contribution in [0.15, 0.2) is 88.9 Å². The van der Waals surface area contributed by atoms with Crippen molar-refractivity contribution in [3.05, 3.63) is 106 Å². The summed E-state index contributed by atoms with van der Waals surface area (Å²) in [5.74, 6) is -1.66. The maximum atomic E-state index is 13.4. The molecule has 1 heterocycles. The topological polar surface area (TPSA) is 105 Å². The number of benzene rings is 4. The Morgan fingerprint density at radius 1 is 1.02 bits per heavy atom. The number of fused-ring (bicyclic) bond motifs is 1. The molecule has 1 fully saturated rings. The predicted octanol–water partition coefficient (Wildman–Crippen LogP) is 5.72. The summed E-state index contributed by atoms with van der Waals surface area (Å²) >= 11 is 8.74. The highest BCUT2D eigenvalue weighted by Crippen LogP contribution is 2.38. The van der Waals surface area contributed by atoms with E-state index in [9.17, 15) is 19.5 Å². The molecule has 0 saturated carbocycles. The smallest absolute Gasteiger partial charge is 0.335 e. The third-order valence-electron chi connectivity index (χ3n) is 6.21. The number of carboxylic acid groups (broad SMARTS) is 1. The Labute approximate surface area is 242 Å². The Morgan fingerprint density at radius 3 is 2.55 bits per heavy atom. The van der Waals surface area contributed by atoms with E-state index in [0.717, 1.165) is 21.2 Å². The van der Waals surface area contributed by atoms with Gasteiger partial charge in [0.1, 0.15) is 12.2 Å². The molecule has 2 amide bonds. The second-order valence-corrected chi connectivity index (χ2v) is 10.1. The van der Waals surface area contributed by atoms with Crippen LogP contribution >= 0.6 is 28.1 Å². The van der Waals surface area contributed by atoms with Gasteiger partial charge in [-0.2, -0.15) is 0 Å². The number of carbonyl (C=O) groups excluding carboxylic acids is 2. The first-order valence-corrected chi connectivity index (χ1v) is 13.2. The van der Waals surface area contributed by atoms with Crippen LogP contribution in [-0.4, -0.2) is 35.1 Å². The number of methoxy groups -OCH3 is 1. The largest absolute Gasteiger partial charge is 0.493 e. The molecule has 0 atom stereocenters. The second-order valence-electron chi connectivity index (χ2n) is 8.82. The number of nitrogens with one attached hydrogen (secondary N) is 1. The SMILES string of the molecule is COc1cc(C=C2C(=O)NC(=S)N(c3cccc(C(=O)O)c3)C2=O)cc(Br)c1OCc1ccc2ccccc2c1. The number of amides is 2. The van der Waals surface area contributed by atoms with E-state index in [1.54, 1.807) is 12.1 Å². The fourth-order valence-electron chi connectivity index (χ4n) is 4.28. The molecule has 1 aliphatic heterocycles. The van der Waals surface area contributed by atoms with Crippen molar-refractivity contribution in [1.29, 1.82) is 0 Å². The molecule has 200 valence electrons. The molecule has 0 radical (unpaired) electrons. The summed E-state index contributed by atoms with van der Waals surface area (Å²) in [6.45, 7) is 0.295. The number of anilines is 1. The average Bonchev–Trinajstić information content (AvgIpc) is 2.94. The molecule has 0 spiro atoms. The average molecular weight is 617 g/mol. The number of nitrogens with zero attached hydrogens (tertiary/aromatic N) is 1. The Bertz CT molecular complexity index is 1730. The van der Waals surface area contributed by atoms with Crippen molar-refractivity contribution in [2.24, 2.45) is 0 Å². The highest BCUT2D eigenvalue weighted by atomic mass is 79.9. The minimum absolute atomic E-state index is 0.0246. The van der Waals surface area contributed by atoms with E-state index >= 15 is 0 Å². The van der Waals surface area contributed by atoms with Gasteiger partial charge < -0.3 is 14.6 Å². The van der Waals surface area contributed by atoms with Crippen LogP contribution in [0.25, 0.3) is 16.8 Å². The van der Waals surface area contributed by atoms with Crippen LogP contribution in [0.2, 0.25) is 0 Å². The van der Waals surface area contributed by atoms with Gasteiger partial charge in [-0.25, -0.2) is 4.79 Å². The zero-order valence-electron chi connectivity index (χ0n) is 21.0. The van der Waals surface area contributed by atoms with Gasteiger partial charge >= 0.3 is 5.97 Å². The van der Waals surface area contributed by atoms with E-state index in [-0.39, 0.29) is 21.9 Å². The molecule has 0 aromatic heterocycles. The lowest BCUT2D eigenvalue weighted by Gasteiger charge is -2.29. The van der Waals surface area contributed by atoms with Gasteiger partial charge in [-0.1, -0.05) is 42.5 Å². The van der Waals surface area contributed by atoms with Gasteiger partial charge in [0.2, 0.25) is 0 Å². The first-order valence-electron chi connectivity index (χ1n) is 12.0. The number of carboxylic acids is 1. The molecule has 10 heteroatoms. The summed E-state index contributed by atoms with van der Waals surface area (Å²) in [7, 11) is 1.50. The molecular formula is C30H21BrN2O6S. The summed E-state index contributed by atoms with van der Waals surface area (Å²) in [6.07, 6.45) is 1.41. The van der Waals surface area contributed by atoms with Crippen molar-refractivity contribution in [3.63, 3.8) is 0 Å². The monoisotopic (exact) mass is 616 g/mol. The minimum atomic E-state index is -1.16. The van der Waals surface area contributed by atoms with Gasteiger partial charge in [-0.15, -0.1) is 0 Å². The number of hydrogen-bond donors (Lipinski definition) is 2. The molecule has 2 N–H and O–H groups in total. The van der Waals surface area contributed by atoms with Crippen molar-refractivity contribution < 1.29 is 29.0 Å². The van der Waals surface area contributed by atoms with E-state index in [1.165, 1.54) is 37.5 Å². The quantitative estimate of drug-likeness (QED) is 0.155. The first kappa shape index (κ1) is 27.0. The maximum absolute atomic E-state index is 13.4. The van der Waals surface area contributed by atoms with Crippen LogP contribution in [0, 0.1) is 0 Å². The zero-order chi connectivity index (χ0) is 28.4. The lowest BCUT2D eigenvalue weighted by Crippen LogP contribution is -2.54. The van der Waals surface area contributed by atoms with Crippen molar-refractivity contribution in [2.45, 2.75) is 6.61 Å². The Morgan fingerprint density at radius 2 is 1.80 bits per heavy atom. The third-order valence-corrected chi connectivity index (χ3v) is 7.09. The summed E-state index contributed by atoms with van der Waals surface area (Å²) in [6, 6.07) is 23.2. The fourth-order valence-corrected chi connectivity index (χ4v) is 5.14. The standard InChI is InChI=1S/C30H21BrN2O6S/c1-38-25-14-18(13-24(31)26(25)39-16-17-9-10-19-5-2-3-6-20(19)11-17)12-23-27(34)32-30(40)33(28(23)35)22-8-4-7-21(15-22)29(36)37/h2-15H,16H2,1H3,(H,36,37)(H,32,34,40). The number of hydrogen-bond acceptors (Lipinski definition) is 6. The maximum Gasteiger partial charge on any atom is 0.335 e. The van der Waals surface area contributed by atoms with Crippen LogP contribution in [-0.2, 0) is 16.2 Å². The summed E-state index contributed by atoms with van der Waals surface area (Å²) in [4.78, 5) is 38.6. The molecule has 4 aromatic carbocycles. The molecule has 0 aliphatic carbocycles. The molecule has 5 rings (SSSR count). The molecule has 1 saturated heterocycles. The lowest BCUT2D eigenvalue weighted by molar-refractivity contribution is -0.122. The van der Waals surface area contributed by atoms with Crippen LogP contribution < -0.4 is 19.7 Å². The van der Waals surface area contributed by atoms with Crippen molar-refractivity contribution in [2.75, 3.05) is 12.0 Å². The molecule has 0 unspecified atom stereocenters. The van der Waals surface area contributed by atoms with Crippen LogP contribution in [0.3, 0.4) is 0 Å². The summed E-state index contributed by atoms with van der Waals surface area (Å²) < 4.78 is 12.2.